The number of nitrogens with zero attached hydrogens (tertiary/aromatic N) is 2. The molecule has 3 aromatic rings. The van der Waals surface area contributed by atoms with Crippen LogP contribution in [0.1, 0.15) is 12.0 Å². The van der Waals surface area contributed by atoms with Gasteiger partial charge in [0, 0.05) is 17.4 Å². The summed E-state index contributed by atoms with van der Waals surface area (Å²) in [5.41, 5.74) is 3.61. The van der Waals surface area contributed by atoms with Crippen LogP contribution in [0.25, 0.3) is 11.3 Å². The first-order chi connectivity index (χ1) is 12.3. The van der Waals surface area contributed by atoms with Crippen molar-refractivity contribution >= 4 is 28.1 Å². The van der Waals surface area contributed by atoms with E-state index in [1.165, 1.54) is 11.3 Å². The summed E-state index contributed by atoms with van der Waals surface area (Å²) in [7, 11) is 0. The summed E-state index contributed by atoms with van der Waals surface area (Å²) in [6.45, 7) is 0. The molecule has 4 rings (SSSR count). The smallest absolute Gasteiger partial charge is 0.270 e. The van der Waals surface area contributed by atoms with Crippen LogP contribution in [0.2, 0.25) is 0 Å². The van der Waals surface area contributed by atoms with Gasteiger partial charge in [-0.1, -0.05) is 65.8 Å². The Balaban J connectivity index is 1.40. The number of carbonyl (C=O) groups excluding carboxylic acids is 1. The fourth-order valence-corrected chi connectivity index (χ4v) is 3.30. The molecular formula is C19H15N3O2S. The normalized spacial score (nSPS) is 16.2. The zero-order valence-corrected chi connectivity index (χ0v) is 14.1. The van der Waals surface area contributed by atoms with E-state index in [1.807, 2.05) is 66.0 Å². The Morgan fingerprint density at radius 3 is 2.44 bits per heavy atom. The number of aromatic nitrogens is 1. The van der Waals surface area contributed by atoms with Crippen molar-refractivity contribution in [1.29, 1.82) is 0 Å². The number of benzene rings is 2. The van der Waals surface area contributed by atoms with Crippen molar-refractivity contribution in [2.75, 3.05) is 5.32 Å². The zero-order valence-electron chi connectivity index (χ0n) is 13.3. The molecule has 2 aromatic carbocycles. The number of hydrogen-bond donors (Lipinski definition) is 1. The fraction of sp³-hybridized carbons (Fsp3) is 0.105. The van der Waals surface area contributed by atoms with Crippen molar-refractivity contribution in [2.24, 2.45) is 5.16 Å². The van der Waals surface area contributed by atoms with E-state index >= 15 is 0 Å². The van der Waals surface area contributed by atoms with Crippen molar-refractivity contribution in [3.8, 4) is 11.3 Å². The van der Waals surface area contributed by atoms with E-state index in [9.17, 15) is 4.79 Å². The quantitative estimate of drug-likeness (QED) is 0.776. The summed E-state index contributed by atoms with van der Waals surface area (Å²) < 4.78 is 0. The second-order valence-electron chi connectivity index (χ2n) is 5.60. The van der Waals surface area contributed by atoms with Gasteiger partial charge in [-0.3, -0.25) is 10.1 Å². The molecule has 1 atom stereocenters. The third-order valence-corrected chi connectivity index (χ3v) is 4.63. The Labute approximate surface area is 149 Å². The second kappa shape index (κ2) is 6.86. The molecule has 5 nitrogen and oxygen atoms in total. The molecule has 6 heteroatoms. The number of nitrogens with one attached hydrogen (secondary N) is 1. The Bertz CT molecular complexity index is 907. The molecule has 1 aliphatic rings. The molecule has 0 bridgehead atoms. The number of hydrogen-bond acceptors (Lipinski definition) is 5. The van der Waals surface area contributed by atoms with Gasteiger partial charge >= 0.3 is 0 Å². The van der Waals surface area contributed by atoms with Crippen LogP contribution in [0.15, 0.2) is 71.2 Å². The van der Waals surface area contributed by atoms with Crippen molar-refractivity contribution in [2.45, 2.75) is 12.5 Å². The Morgan fingerprint density at radius 2 is 1.72 bits per heavy atom. The minimum Gasteiger partial charge on any atom is -0.382 e. The molecule has 2 heterocycles. The van der Waals surface area contributed by atoms with Crippen molar-refractivity contribution in [3.63, 3.8) is 0 Å². The minimum atomic E-state index is -0.626. The van der Waals surface area contributed by atoms with Gasteiger partial charge in [0.15, 0.2) is 5.13 Å². The lowest BCUT2D eigenvalue weighted by Crippen LogP contribution is -2.27. The molecule has 1 unspecified atom stereocenters. The van der Waals surface area contributed by atoms with E-state index in [2.05, 4.69) is 15.5 Å². The maximum atomic E-state index is 12.4. The van der Waals surface area contributed by atoms with Crippen LogP contribution in [-0.4, -0.2) is 22.7 Å². The van der Waals surface area contributed by atoms with Crippen molar-refractivity contribution < 1.29 is 9.63 Å². The van der Waals surface area contributed by atoms with Gasteiger partial charge < -0.3 is 4.84 Å². The molecule has 1 amide bonds. The number of thiazole rings is 1. The van der Waals surface area contributed by atoms with Gasteiger partial charge in [0.25, 0.3) is 5.91 Å². The topological polar surface area (TPSA) is 63.6 Å². The fourth-order valence-electron chi connectivity index (χ4n) is 2.58. The SMILES string of the molecule is O=C(Nc1nc(-c2ccccc2)cs1)C1CC(c2ccccc2)=NO1. The molecule has 25 heavy (non-hydrogen) atoms. The van der Waals surface area contributed by atoms with E-state index < -0.39 is 6.10 Å². The minimum absolute atomic E-state index is 0.233. The first-order valence-corrected chi connectivity index (χ1v) is 8.77. The van der Waals surface area contributed by atoms with Crippen LogP contribution < -0.4 is 5.32 Å². The van der Waals surface area contributed by atoms with Gasteiger partial charge in [-0.25, -0.2) is 4.98 Å². The first kappa shape index (κ1) is 15.5. The lowest BCUT2D eigenvalue weighted by molar-refractivity contribution is -0.125. The average molecular weight is 349 g/mol. The van der Waals surface area contributed by atoms with Gasteiger partial charge in [0.05, 0.1) is 11.4 Å². The second-order valence-corrected chi connectivity index (χ2v) is 6.45. The van der Waals surface area contributed by atoms with Crippen molar-refractivity contribution in [1.82, 2.24) is 4.98 Å². The highest BCUT2D eigenvalue weighted by atomic mass is 32.1. The Morgan fingerprint density at radius 1 is 1.04 bits per heavy atom. The summed E-state index contributed by atoms with van der Waals surface area (Å²) in [6, 6.07) is 19.6. The number of amides is 1. The third-order valence-electron chi connectivity index (χ3n) is 3.87. The predicted octanol–water partition coefficient (Wildman–Crippen LogP) is 3.94. The molecule has 1 aliphatic heterocycles. The maximum absolute atomic E-state index is 12.4. The number of carbonyl (C=O) groups is 1. The summed E-state index contributed by atoms with van der Waals surface area (Å²) in [5, 5.41) is 9.34. The summed E-state index contributed by atoms with van der Waals surface area (Å²) in [4.78, 5) is 22.2. The lowest BCUT2D eigenvalue weighted by Gasteiger charge is -2.07. The van der Waals surface area contributed by atoms with Gasteiger partial charge in [-0.15, -0.1) is 11.3 Å². The number of oxime groups is 1. The van der Waals surface area contributed by atoms with E-state index in [1.54, 1.807) is 0 Å². The van der Waals surface area contributed by atoms with Gasteiger partial charge in [-0.2, -0.15) is 0 Å². The van der Waals surface area contributed by atoms with Crippen LogP contribution in [0, 0.1) is 0 Å². The molecule has 124 valence electrons. The van der Waals surface area contributed by atoms with E-state index in [4.69, 9.17) is 4.84 Å². The van der Waals surface area contributed by atoms with Gasteiger partial charge in [-0.05, 0) is 5.56 Å². The van der Waals surface area contributed by atoms with E-state index in [0.717, 1.165) is 22.5 Å². The highest BCUT2D eigenvalue weighted by molar-refractivity contribution is 7.14. The molecule has 1 aromatic heterocycles. The average Bonchev–Trinajstić information content (AvgIpc) is 3.33. The standard InChI is InChI=1S/C19H15N3O2S/c23-18(17-11-15(22-24-17)13-7-3-1-4-8-13)21-19-20-16(12-25-19)14-9-5-2-6-10-14/h1-10,12,17H,11H2,(H,20,21,23). The molecule has 0 spiro atoms. The maximum Gasteiger partial charge on any atom is 0.270 e. The largest absolute Gasteiger partial charge is 0.382 e. The van der Waals surface area contributed by atoms with Gasteiger partial charge in [0.2, 0.25) is 6.10 Å². The van der Waals surface area contributed by atoms with Gasteiger partial charge in [0.1, 0.15) is 0 Å². The van der Waals surface area contributed by atoms with Crippen LogP contribution in [0.5, 0.6) is 0 Å². The number of anilines is 1. The summed E-state index contributed by atoms with van der Waals surface area (Å²) in [5.74, 6) is -0.233. The number of rotatable bonds is 4. The van der Waals surface area contributed by atoms with Crippen LogP contribution in [0.3, 0.4) is 0 Å². The highest BCUT2D eigenvalue weighted by Gasteiger charge is 2.29. The van der Waals surface area contributed by atoms with E-state index in [0.29, 0.717) is 11.6 Å². The molecule has 0 saturated carbocycles. The molecule has 1 N–H and O–H groups in total. The Hall–Kier alpha value is -2.99. The van der Waals surface area contributed by atoms with Crippen molar-refractivity contribution in [3.05, 3.63) is 71.6 Å². The molecule has 0 aliphatic carbocycles. The monoisotopic (exact) mass is 349 g/mol. The van der Waals surface area contributed by atoms with E-state index in [-0.39, 0.29) is 5.91 Å². The zero-order chi connectivity index (χ0) is 17.1. The lowest BCUT2D eigenvalue weighted by atomic mass is 10.1. The summed E-state index contributed by atoms with van der Waals surface area (Å²) in [6.07, 6.45) is -0.175. The highest BCUT2D eigenvalue weighted by Crippen LogP contribution is 2.25. The van der Waals surface area contributed by atoms with Crippen LogP contribution in [0.4, 0.5) is 5.13 Å². The molecule has 0 fully saturated rings. The summed E-state index contributed by atoms with van der Waals surface area (Å²) >= 11 is 1.39. The first-order valence-electron chi connectivity index (χ1n) is 7.89. The molecule has 0 saturated heterocycles. The third kappa shape index (κ3) is 3.44. The molecular weight excluding hydrogens is 334 g/mol. The molecule has 0 radical (unpaired) electrons. The Kier molecular flexibility index (Phi) is 4.26. The van der Waals surface area contributed by atoms with Crippen LogP contribution >= 0.6 is 11.3 Å². The predicted molar refractivity (Wildman–Crippen MR) is 98.6 cm³/mol. The van der Waals surface area contributed by atoms with Crippen LogP contribution in [-0.2, 0) is 9.63 Å².